The maximum Gasteiger partial charge on any atom is 0.387 e. The molecule has 2 aromatic rings. The summed E-state index contributed by atoms with van der Waals surface area (Å²) in [5.74, 6) is 0.00705. The summed E-state index contributed by atoms with van der Waals surface area (Å²) >= 11 is 0. The molecular weight excluding hydrogens is 330 g/mol. The number of anilines is 1. The minimum atomic E-state index is -2.93. The van der Waals surface area contributed by atoms with Gasteiger partial charge in [-0.15, -0.1) is 0 Å². The molecule has 0 aliphatic heterocycles. The number of hydrogen-bond donors (Lipinski definition) is 1. The third-order valence-electron chi connectivity index (χ3n) is 3.45. The van der Waals surface area contributed by atoms with Gasteiger partial charge in [-0.25, -0.2) is 0 Å². The molecule has 5 nitrogen and oxygen atoms in total. The molecule has 0 aliphatic carbocycles. The van der Waals surface area contributed by atoms with Gasteiger partial charge in [-0.2, -0.15) is 8.78 Å². The fourth-order valence-electron chi connectivity index (χ4n) is 2.30. The zero-order valence-electron chi connectivity index (χ0n) is 14.0. The first kappa shape index (κ1) is 18.5. The predicted molar refractivity (Wildman–Crippen MR) is 90.9 cm³/mol. The van der Waals surface area contributed by atoms with E-state index in [1.54, 1.807) is 50.4 Å². The minimum Gasteiger partial charge on any atom is -0.490 e. The fraction of sp³-hybridized carbons (Fsp3) is 0.278. The fourth-order valence-corrected chi connectivity index (χ4v) is 2.30. The molecule has 0 heterocycles. The van der Waals surface area contributed by atoms with Crippen LogP contribution in [-0.2, 0) is 6.54 Å². The molecule has 0 bridgehead atoms. The van der Waals surface area contributed by atoms with Crippen LogP contribution in [0.1, 0.15) is 22.8 Å². The first-order valence-corrected chi connectivity index (χ1v) is 7.72. The highest BCUT2D eigenvalue weighted by atomic mass is 19.3. The second kappa shape index (κ2) is 8.32. The molecule has 0 saturated heterocycles. The van der Waals surface area contributed by atoms with Crippen LogP contribution in [0.2, 0.25) is 0 Å². The first-order chi connectivity index (χ1) is 11.9. The molecular formula is C18H20F2N2O3. The van der Waals surface area contributed by atoms with Crippen molar-refractivity contribution in [2.45, 2.75) is 20.1 Å². The lowest BCUT2D eigenvalue weighted by molar-refractivity contribution is -0.0514. The number of rotatable bonds is 7. The van der Waals surface area contributed by atoms with Crippen molar-refractivity contribution in [1.29, 1.82) is 0 Å². The van der Waals surface area contributed by atoms with Gasteiger partial charge in [0.2, 0.25) is 0 Å². The summed E-state index contributed by atoms with van der Waals surface area (Å²) < 4.78 is 34.6. The molecule has 0 fully saturated rings. The van der Waals surface area contributed by atoms with E-state index in [9.17, 15) is 13.6 Å². The number of nitrogen functional groups attached to an aromatic ring is 1. The summed E-state index contributed by atoms with van der Waals surface area (Å²) in [6, 6.07) is 11.2. The Kier molecular flexibility index (Phi) is 6.16. The van der Waals surface area contributed by atoms with Crippen molar-refractivity contribution < 1.29 is 23.0 Å². The molecule has 0 aromatic heterocycles. The zero-order chi connectivity index (χ0) is 18.4. The molecule has 0 spiro atoms. The van der Waals surface area contributed by atoms with Crippen LogP contribution < -0.4 is 15.2 Å². The van der Waals surface area contributed by atoms with Gasteiger partial charge >= 0.3 is 6.61 Å². The van der Waals surface area contributed by atoms with E-state index < -0.39 is 6.61 Å². The molecule has 2 N–H and O–H groups in total. The lowest BCUT2D eigenvalue weighted by atomic mass is 10.1. The van der Waals surface area contributed by atoms with Crippen LogP contribution in [0.4, 0.5) is 14.5 Å². The largest absolute Gasteiger partial charge is 0.490 e. The molecule has 2 aromatic carbocycles. The van der Waals surface area contributed by atoms with Gasteiger partial charge in [0.25, 0.3) is 5.91 Å². The topological polar surface area (TPSA) is 64.8 Å². The van der Waals surface area contributed by atoms with Gasteiger partial charge in [-0.05, 0) is 48.9 Å². The van der Waals surface area contributed by atoms with Crippen molar-refractivity contribution >= 4 is 11.6 Å². The summed E-state index contributed by atoms with van der Waals surface area (Å²) in [5.41, 5.74) is 7.44. The third-order valence-corrected chi connectivity index (χ3v) is 3.45. The van der Waals surface area contributed by atoms with Crippen molar-refractivity contribution in [3.05, 3.63) is 53.6 Å². The summed E-state index contributed by atoms with van der Waals surface area (Å²) in [4.78, 5) is 13.9. The molecule has 0 radical (unpaired) electrons. The van der Waals surface area contributed by atoms with Crippen LogP contribution in [0.5, 0.6) is 11.5 Å². The Morgan fingerprint density at radius 3 is 2.44 bits per heavy atom. The van der Waals surface area contributed by atoms with E-state index in [0.29, 0.717) is 17.9 Å². The van der Waals surface area contributed by atoms with Gasteiger partial charge in [0.1, 0.15) is 0 Å². The number of hydrogen-bond acceptors (Lipinski definition) is 4. The molecule has 0 aliphatic rings. The predicted octanol–water partition coefficient (Wildman–Crippen LogP) is 3.54. The van der Waals surface area contributed by atoms with Gasteiger partial charge in [-0.1, -0.05) is 6.07 Å². The second-order valence-electron chi connectivity index (χ2n) is 5.38. The number of nitrogens with zero attached hydrogens (tertiary/aromatic N) is 1. The van der Waals surface area contributed by atoms with Crippen molar-refractivity contribution in [2.24, 2.45) is 0 Å². The van der Waals surface area contributed by atoms with Gasteiger partial charge < -0.3 is 20.1 Å². The zero-order valence-corrected chi connectivity index (χ0v) is 14.0. The molecule has 2 rings (SSSR count). The number of alkyl halides is 2. The standard InChI is InChI=1S/C18H20F2N2O3/c1-3-24-16-10-12(4-9-15(16)25-18(19)20)11-22(2)17(23)13-5-7-14(21)8-6-13/h4-10,18H,3,11,21H2,1-2H3. The van der Waals surface area contributed by atoms with Crippen LogP contribution in [0, 0.1) is 0 Å². The number of nitrogens with two attached hydrogens (primary N) is 1. The number of benzene rings is 2. The molecule has 0 atom stereocenters. The average Bonchev–Trinajstić information content (AvgIpc) is 2.57. The monoisotopic (exact) mass is 350 g/mol. The maximum atomic E-state index is 12.4. The Morgan fingerprint density at radius 1 is 1.16 bits per heavy atom. The van der Waals surface area contributed by atoms with E-state index in [4.69, 9.17) is 10.5 Å². The summed E-state index contributed by atoms with van der Waals surface area (Å²) in [6.45, 7) is -0.586. The van der Waals surface area contributed by atoms with Crippen LogP contribution in [0.25, 0.3) is 0 Å². The molecule has 0 saturated carbocycles. The van der Waals surface area contributed by atoms with Gasteiger partial charge in [-0.3, -0.25) is 4.79 Å². The van der Waals surface area contributed by atoms with Gasteiger partial charge in [0, 0.05) is 24.8 Å². The van der Waals surface area contributed by atoms with E-state index in [1.807, 2.05) is 0 Å². The third kappa shape index (κ3) is 5.07. The van der Waals surface area contributed by atoms with Crippen LogP contribution in [0.15, 0.2) is 42.5 Å². The highest BCUT2D eigenvalue weighted by Gasteiger charge is 2.15. The highest BCUT2D eigenvalue weighted by Crippen LogP contribution is 2.30. The smallest absolute Gasteiger partial charge is 0.387 e. The quantitative estimate of drug-likeness (QED) is 0.776. The van der Waals surface area contributed by atoms with E-state index in [2.05, 4.69) is 4.74 Å². The van der Waals surface area contributed by atoms with Crippen molar-refractivity contribution in [2.75, 3.05) is 19.4 Å². The maximum absolute atomic E-state index is 12.4. The Hall–Kier alpha value is -2.83. The molecule has 7 heteroatoms. The summed E-state index contributed by atoms with van der Waals surface area (Å²) in [5, 5.41) is 0. The van der Waals surface area contributed by atoms with Crippen molar-refractivity contribution in [1.82, 2.24) is 4.90 Å². The lowest BCUT2D eigenvalue weighted by Gasteiger charge is -2.19. The Labute approximate surface area is 144 Å². The number of ether oxygens (including phenoxy) is 2. The lowest BCUT2D eigenvalue weighted by Crippen LogP contribution is -2.26. The van der Waals surface area contributed by atoms with Crippen LogP contribution >= 0.6 is 0 Å². The van der Waals surface area contributed by atoms with Crippen molar-refractivity contribution in [3.8, 4) is 11.5 Å². The van der Waals surface area contributed by atoms with E-state index in [0.717, 1.165) is 5.56 Å². The molecule has 25 heavy (non-hydrogen) atoms. The van der Waals surface area contributed by atoms with Gasteiger partial charge in [0.05, 0.1) is 6.61 Å². The van der Waals surface area contributed by atoms with Crippen LogP contribution in [0.3, 0.4) is 0 Å². The highest BCUT2D eigenvalue weighted by molar-refractivity contribution is 5.94. The summed E-state index contributed by atoms with van der Waals surface area (Å²) in [6.07, 6.45) is 0. The second-order valence-corrected chi connectivity index (χ2v) is 5.38. The Balaban J connectivity index is 2.14. The molecule has 1 amide bonds. The van der Waals surface area contributed by atoms with E-state index in [-0.39, 0.29) is 24.0 Å². The first-order valence-electron chi connectivity index (χ1n) is 7.72. The SMILES string of the molecule is CCOc1cc(CN(C)C(=O)c2ccc(N)cc2)ccc1OC(F)F. The normalized spacial score (nSPS) is 10.6. The Morgan fingerprint density at radius 2 is 1.84 bits per heavy atom. The average molecular weight is 350 g/mol. The van der Waals surface area contributed by atoms with Gasteiger partial charge in [0.15, 0.2) is 11.5 Å². The number of carbonyl (C=O) groups excluding carboxylic acids is 1. The summed E-state index contributed by atoms with van der Waals surface area (Å²) in [7, 11) is 1.66. The van der Waals surface area contributed by atoms with Crippen LogP contribution in [-0.4, -0.2) is 31.1 Å². The Bertz CT molecular complexity index is 721. The van der Waals surface area contributed by atoms with E-state index >= 15 is 0 Å². The number of carbonyl (C=O) groups is 1. The number of halogens is 2. The van der Waals surface area contributed by atoms with E-state index in [1.165, 1.54) is 11.0 Å². The van der Waals surface area contributed by atoms with Crippen molar-refractivity contribution in [3.63, 3.8) is 0 Å². The molecule has 0 unspecified atom stereocenters. The molecule has 134 valence electrons. The minimum absolute atomic E-state index is 0.0342. The number of amides is 1.